The molecular formula is C18H26N2O3S. The fraction of sp³-hybridized carbons (Fsp3) is 0.556. The zero-order valence-corrected chi connectivity index (χ0v) is 15.3. The lowest BCUT2D eigenvalue weighted by Gasteiger charge is -2.43. The number of hydrogen-bond acceptors (Lipinski definition) is 4. The van der Waals surface area contributed by atoms with E-state index in [4.69, 9.17) is 0 Å². The molecule has 1 aliphatic carbocycles. The number of hydroxylamine groups is 3. The van der Waals surface area contributed by atoms with Gasteiger partial charge < -0.3 is 9.85 Å². The van der Waals surface area contributed by atoms with Crippen molar-refractivity contribution in [3.63, 3.8) is 0 Å². The lowest BCUT2D eigenvalue weighted by atomic mass is 10.0. The molecule has 0 aliphatic heterocycles. The summed E-state index contributed by atoms with van der Waals surface area (Å²) in [7, 11) is 0. The molecule has 0 heterocycles. The first-order chi connectivity index (χ1) is 11.5. The molecule has 0 saturated carbocycles. The van der Waals surface area contributed by atoms with Gasteiger partial charge in [-0.25, -0.2) is 0 Å². The second-order valence-corrected chi connectivity index (χ2v) is 7.50. The Labute approximate surface area is 148 Å². The summed E-state index contributed by atoms with van der Waals surface area (Å²) in [6.45, 7) is 5.04. The lowest BCUT2D eigenvalue weighted by Crippen LogP contribution is -2.41. The topological polar surface area (TPSA) is 66.2 Å². The first-order valence-corrected chi connectivity index (χ1v) is 9.57. The predicted molar refractivity (Wildman–Crippen MR) is 98.6 cm³/mol. The molecule has 5 nitrogen and oxygen atoms in total. The number of nitrogens with zero attached hydrogens (tertiary/aromatic N) is 2. The number of allylic oxidation sites excluding steroid dienone is 1. The highest BCUT2D eigenvalue weighted by Crippen LogP contribution is 2.34. The minimum absolute atomic E-state index is 0.112. The number of nitro benzene ring substituents is 1. The SMILES string of the molecule is CC[N+]([O-])(CC)/C1=C/C(Sc2ccc([N+](=O)[O-])cc2)CCCCC1. The maximum absolute atomic E-state index is 13.0. The van der Waals surface area contributed by atoms with Crippen LogP contribution in [0.2, 0.25) is 0 Å². The zero-order chi connectivity index (χ0) is 17.6. The van der Waals surface area contributed by atoms with Gasteiger partial charge in [0.1, 0.15) is 5.70 Å². The van der Waals surface area contributed by atoms with Crippen LogP contribution >= 0.6 is 11.8 Å². The van der Waals surface area contributed by atoms with E-state index in [0.717, 1.165) is 42.7 Å². The van der Waals surface area contributed by atoms with Crippen molar-refractivity contribution in [1.29, 1.82) is 0 Å². The van der Waals surface area contributed by atoms with Crippen molar-refractivity contribution >= 4 is 17.4 Å². The van der Waals surface area contributed by atoms with Crippen molar-refractivity contribution in [2.24, 2.45) is 0 Å². The molecule has 132 valence electrons. The smallest absolute Gasteiger partial charge is 0.269 e. The monoisotopic (exact) mass is 350 g/mol. The molecule has 0 radical (unpaired) electrons. The van der Waals surface area contributed by atoms with Gasteiger partial charge in [0.2, 0.25) is 0 Å². The number of benzene rings is 1. The fourth-order valence-corrected chi connectivity index (χ4v) is 4.25. The molecule has 1 aliphatic rings. The van der Waals surface area contributed by atoms with Gasteiger partial charge in [0.05, 0.1) is 18.0 Å². The van der Waals surface area contributed by atoms with Crippen molar-refractivity contribution in [3.8, 4) is 0 Å². The van der Waals surface area contributed by atoms with Gasteiger partial charge in [-0.15, -0.1) is 11.8 Å². The summed E-state index contributed by atoms with van der Waals surface area (Å²) < 4.78 is -0.225. The highest BCUT2D eigenvalue weighted by Gasteiger charge is 2.23. The van der Waals surface area contributed by atoms with Crippen LogP contribution in [0.15, 0.2) is 40.9 Å². The summed E-state index contributed by atoms with van der Waals surface area (Å²) in [6, 6.07) is 6.69. The molecular weight excluding hydrogens is 324 g/mol. The Balaban J connectivity index is 2.19. The van der Waals surface area contributed by atoms with Crippen molar-refractivity contribution in [2.45, 2.75) is 56.1 Å². The molecule has 1 atom stereocenters. The maximum atomic E-state index is 13.0. The van der Waals surface area contributed by atoms with Crippen LogP contribution < -0.4 is 0 Å². The zero-order valence-electron chi connectivity index (χ0n) is 14.4. The van der Waals surface area contributed by atoms with Crippen molar-refractivity contribution in [1.82, 2.24) is 0 Å². The standard InChI is InChI=1S/C18H26N2O3S/c1-3-20(23,4-2)16-8-6-5-7-9-18(14-16)24-17-12-10-15(11-13-17)19(21)22/h10-14,18H,3-9H2,1-2H3/b16-14+. The van der Waals surface area contributed by atoms with Crippen molar-refractivity contribution in [3.05, 3.63) is 51.4 Å². The van der Waals surface area contributed by atoms with E-state index in [1.807, 2.05) is 13.8 Å². The Hall–Kier alpha value is -1.37. The summed E-state index contributed by atoms with van der Waals surface area (Å²) in [5.41, 5.74) is 1.11. The molecule has 1 aromatic rings. The molecule has 0 aromatic heterocycles. The Morgan fingerprint density at radius 3 is 2.42 bits per heavy atom. The lowest BCUT2D eigenvalue weighted by molar-refractivity contribution is -0.840. The Morgan fingerprint density at radius 1 is 1.17 bits per heavy atom. The predicted octanol–water partition coefficient (Wildman–Crippen LogP) is 5.26. The van der Waals surface area contributed by atoms with Crippen LogP contribution in [0.1, 0.15) is 46.0 Å². The summed E-state index contributed by atoms with van der Waals surface area (Å²) in [4.78, 5) is 11.4. The quantitative estimate of drug-likeness (QED) is 0.399. The molecule has 1 aromatic carbocycles. The Morgan fingerprint density at radius 2 is 1.83 bits per heavy atom. The van der Waals surface area contributed by atoms with Crippen LogP contribution in [0.4, 0.5) is 5.69 Å². The average Bonchev–Trinajstić information content (AvgIpc) is 2.57. The summed E-state index contributed by atoms with van der Waals surface area (Å²) >= 11 is 1.70. The van der Waals surface area contributed by atoms with Gasteiger partial charge in [0.25, 0.3) is 5.69 Å². The van der Waals surface area contributed by atoms with E-state index in [2.05, 4.69) is 6.08 Å². The Bertz CT molecular complexity index is 582. The first kappa shape index (κ1) is 19.0. The molecule has 0 fully saturated rings. The van der Waals surface area contributed by atoms with Gasteiger partial charge in [0.15, 0.2) is 0 Å². The fourth-order valence-electron chi connectivity index (χ4n) is 3.09. The van der Waals surface area contributed by atoms with E-state index >= 15 is 0 Å². The molecule has 0 N–H and O–H groups in total. The molecule has 1 unspecified atom stereocenters. The number of hydrogen-bond donors (Lipinski definition) is 0. The van der Waals surface area contributed by atoms with Crippen LogP contribution in [-0.2, 0) is 0 Å². The van der Waals surface area contributed by atoms with Crippen LogP contribution in [0, 0.1) is 15.3 Å². The van der Waals surface area contributed by atoms with E-state index in [1.165, 1.54) is 0 Å². The van der Waals surface area contributed by atoms with E-state index in [0.29, 0.717) is 13.1 Å². The highest BCUT2D eigenvalue weighted by molar-refractivity contribution is 8.00. The third-order valence-corrected chi connectivity index (χ3v) is 5.90. The number of rotatable bonds is 6. The molecule has 0 bridgehead atoms. The van der Waals surface area contributed by atoms with E-state index in [-0.39, 0.29) is 20.5 Å². The number of quaternary nitrogens is 1. The molecule has 2 rings (SSSR count). The third-order valence-electron chi connectivity index (χ3n) is 4.68. The normalized spacial score (nSPS) is 21.5. The second kappa shape index (κ2) is 8.65. The minimum atomic E-state index is -0.381. The van der Waals surface area contributed by atoms with Crippen LogP contribution in [0.25, 0.3) is 0 Å². The largest absolute Gasteiger partial charge is 0.628 e. The van der Waals surface area contributed by atoms with Crippen molar-refractivity contribution < 1.29 is 9.57 Å². The van der Waals surface area contributed by atoms with E-state index in [1.54, 1.807) is 36.0 Å². The number of thioether (sulfide) groups is 1. The van der Waals surface area contributed by atoms with Gasteiger partial charge in [-0.3, -0.25) is 10.1 Å². The van der Waals surface area contributed by atoms with Gasteiger partial charge in [-0.05, 0) is 44.9 Å². The van der Waals surface area contributed by atoms with Crippen LogP contribution in [0.3, 0.4) is 0 Å². The number of non-ortho nitro benzene ring substituents is 1. The van der Waals surface area contributed by atoms with Crippen LogP contribution in [0.5, 0.6) is 0 Å². The molecule has 0 saturated heterocycles. The summed E-state index contributed by atoms with van der Waals surface area (Å²) in [6.07, 6.45) is 7.49. The molecule has 6 heteroatoms. The maximum Gasteiger partial charge on any atom is 0.269 e. The first-order valence-electron chi connectivity index (χ1n) is 8.69. The average molecular weight is 350 g/mol. The number of nitro groups is 1. The summed E-state index contributed by atoms with van der Waals surface area (Å²) in [5, 5.41) is 24.0. The van der Waals surface area contributed by atoms with Gasteiger partial charge >= 0.3 is 0 Å². The highest BCUT2D eigenvalue weighted by atomic mass is 32.2. The minimum Gasteiger partial charge on any atom is -0.628 e. The third kappa shape index (κ3) is 4.82. The van der Waals surface area contributed by atoms with Gasteiger partial charge in [-0.2, -0.15) is 0 Å². The van der Waals surface area contributed by atoms with Crippen molar-refractivity contribution in [2.75, 3.05) is 13.1 Å². The van der Waals surface area contributed by atoms with E-state index in [9.17, 15) is 15.3 Å². The van der Waals surface area contributed by atoms with Gasteiger partial charge in [0, 0.05) is 28.7 Å². The summed E-state index contributed by atoms with van der Waals surface area (Å²) in [5.74, 6) is 0. The Kier molecular flexibility index (Phi) is 6.83. The molecule has 24 heavy (non-hydrogen) atoms. The molecule has 0 spiro atoms. The second-order valence-electron chi connectivity index (χ2n) is 6.19. The van der Waals surface area contributed by atoms with Crippen LogP contribution in [-0.4, -0.2) is 27.9 Å². The molecule has 0 amide bonds. The van der Waals surface area contributed by atoms with Gasteiger partial charge in [-0.1, -0.05) is 12.8 Å². The van der Waals surface area contributed by atoms with E-state index < -0.39 is 0 Å².